The minimum atomic E-state index is 0.274. The van der Waals surface area contributed by atoms with Gasteiger partial charge in [0, 0.05) is 23.0 Å². The molecule has 0 aliphatic rings. The summed E-state index contributed by atoms with van der Waals surface area (Å²) in [7, 11) is 0. The van der Waals surface area contributed by atoms with Crippen LogP contribution >= 0.6 is 23.2 Å². The second-order valence-corrected chi connectivity index (χ2v) is 3.77. The Morgan fingerprint density at radius 3 is 2.56 bits per heavy atom. The molecule has 0 spiro atoms. The fourth-order valence-electron chi connectivity index (χ4n) is 1.10. The average molecular weight is 255 g/mol. The van der Waals surface area contributed by atoms with E-state index < -0.39 is 0 Å². The third kappa shape index (κ3) is 2.84. The molecule has 0 radical (unpaired) electrons. The first-order valence-corrected chi connectivity index (χ1v) is 5.49. The molecule has 0 amide bonds. The van der Waals surface area contributed by atoms with Crippen molar-refractivity contribution in [2.45, 2.75) is 5.88 Å². The molecule has 0 aliphatic heterocycles. The van der Waals surface area contributed by atoms with Crippen LogP contribution in [0.4, 0.5) is 0 Å². The van der Waals surface area contributed by atoms with Crippen molar-refractivity contribution >= 4 is 23.2 Å². The van der Waals surface area contributed by atoms with E-state index in [-0.39, 0.29) is 6.01 Å². The molecule has 0 fully saturated rings. The van der Waals surface area contributed by atoms with Crippen LogP contribution in [0.15, 0.2) is 36.7 Å². The maximum absolute atomic E-state index is 5.82. The maximum atomic E-state index is 5.82. The molecule has 0 aliphatic carbocycles. The van der Waals surface area contributed by atoms with Crippen molar-refractivity contribution in [3.63, 3.8) is 0 Å². The minimum Gasteiger partial charge on any atom is -0.424 e. The number of hydrogen-bond acceptors (Lipinski definition) is 3. The number of nitrogens with zero attached hydrogens (tertiary/aromatic N) is 2. The molecule has 0 atom stereocenters. The second-order valence-electron chi connectivity index (χ2n) is 3.07. The lowest BCUT2D eigenvalue weighted by Crippen LogP contribution is -1.92. The van der Waals surface area contributed by atoms with Crippen molar-refractivity contribution in [1.82, 2.24) is 9.97 Å². The largest absolute Gasteiger partial charge is 0.424 e. The van der Waals surface area contributed by atoms with E-state index >= 15 is 0 Å². The van der Waals surface area contributed by atoms with E-state index in [1.54, 1.807) is 36.7 Å². The van der Waals surface area contributed by atoms with Crippen LogP contribution in [0.25, 0.3) is 0 Å². The first kappa shape index (κ1) is 11.2. The lowest BCUT2D eigenvalue weighted by molar-refractivity contribution is 0.441. The molecule has 5 heteroatoms. The molecule has 1 aromatic carbocycles. The molecule has 0 N–H and O–H groups in total. The fraction of sp³-hybridized carbons (Fsp3) is 0.0909. The Morgan fingerprint density at radius 1 is 1.19 bits per heavy atom. The Morgan fingerprint density at radius 2 is 1.94 bits per heavy atom. The van der Waals surface area contributed by atoms with E-state index in [4.69, 9.17) is 27.9 Å². The Labute approximate surface area is 103 Å². The summed E-state index contributed by atoms with van der Waals surface area (Å²) in [5.74, 6) is 0.989. The summed E-state index contributed by atoms with van der Waals surface area (Å²) in [6.07, 6.45) is 3.25. The van der Waals surface area contributed by atoms with Gasteiger partial charge in [0.05, 0.1) is 5.88 Å². The summed E-state index contributed by atoms with van der Waals surface area (Å²) in [5.41, 5.74) is 0.847. The third-order valence-corrected chi connectivity index (χ3v) is 2.38. The molecule has 0 saturated heterocycles. The lowest BCUT2D eigenvalue weighted by Gasteiger charge is -2.03. The van der Waals surface area contributed by atoms with Crippen molar-refractivity contribution in [3.05, 3.63) is 47.2 Å². The molecule has 2 rings (SSSR count). The molecule has 0 unspecified atom stereocenters. The van der Waals surface area contributed by atoms with Crippen LogP contribution in [0.5, 0.6) is 11.8 Å². The molecule has 3 nitrogen and oxygen atoms in total. The van der Waals surface area contributed by atoms with Crippen LogP contribution in [-0.2, 0) is 5.88 Å². The first-order chi connectivity index (χ1) is 7.78. The van der Waals surface area contributed by atoms with Crippen LogP contribution in [0.3, 0.4) is 0 Å². The molecular weight excluding hydrogens is 247 g/mol. The number of rotatable bonds is 3. The van der Waals surface area contributed by atoms with E-state index in [2.05, 4.69) is 9.97 Å². The summed E-state index contributed by atoms with van der Waals surface area (Å²) < 4.78 is 5.41. The number of ether oxygens (including phenoxy) is 1. The Bertz CT molecular complexity index is 474. The van der Waals surface area contributed by atoms with Gasteiger partial charge in [0.15, 0.2) is 0 Å². The van der Waals surface area contributed by atoms with Gasteiger partial charge in [-0.05, 0) is 18.2 Å². The van der Waals surface area contributed by atoms with Crippen molar-refractivity contribution in [2.24, 2.45) is 0 Å². The minimum absolute atomic E-state index is 0.274. The van der Waals surface area contributed by atoms with Crippen LogP contribution in [0, 0.1) is 0 Å². The quantitative estimate of drug-likeness (QED) is 0.785. The molecule has 0 bridgehead atoms. The monoisotopic (exact) mass is 254 g/mol. The number of halogens is 2. The van der Waals surface area contributed by atoms with Gasteiger partial charge in [-0.3, -0.25) is 0 Å². The number of alkyl halides is 1. The van der Waals surface area contributed by atoms with E-state index in [9.17, 15) is 0 Å². The Hall–Kier alpha value is -1.32. The highest BCUT2D eigenvalue weighted by Gasteiger charge is 2.00. The molecule has 82 valence electrons. The Balaban J connectivity index is 2.14. The van der Waals surface area contributed by atoms with Gasteiger partial charge >= 0.3 is 6.01 Å². The predicted molar refractivity (Wildman–Crippen MR) is 63.1 cm³/mol. The number of benzene rings is 1. The van der Waals surface area contributed by atoms with Gasteiger partial charge in [-0.1, -0.05) is 17.7 Å². The van der Waals surface area contributed by atoms with E-state index in [1.807, 2.05) is 0 Å². The summed E-state index contributed by atoms with van der Waals surface area (Å²) in [5, 5.41) is 0.606. The standard InChI is InChI=1S/C11H8Cl2N2O/c12-5-8-6-14-11(15-7-8)16-10-3-1-2-9(13)4-10/h1-4,6-7H,5H2. The highest BCUT2D eigenvalue weighted by Crippen LogP contribution is 2.21. The zero-order valence-electron chi connectivity index (χ0n) is 8.23. The summed E-state index contributed by atoms with van der Waals surface area (Å²) >= 11 is 11.4. The molecule has 1 aromatic heterocycles. The van der Waals surface area contributed by atoms with Gasteiger partial charge in [0.25, 0.3) is 0 Å². The first-order valence-electron chi connectivity index (χ1n) is 4.58. The van der Waals surface area contributed by atoms with Crippen LogP contribution in [0.1, 0.15) is 5.56 Å². The zero-order chi connectivity index (χ0) is 11.4. The van der Waals surface area contributed by atoms with Crippen molar-refractivity contribution < 1.29 is 4.74 Å². The number of hydrogen-bond donors (Lipinski definition) is 0. The molecule has 16 heavy (non-hydrogen) atoms. The lowest BCUT2D eigenvalue weighted by atomic mass is 10.3. The van der Waals surface area contributed by atoms with Crippen molar-refractivity contribution in [3.8, 4) is 11.8 Å². The zero-order valence-corrected chi connectivity index (χ0v) is 9.74. The maximum Gasteiger partial charge on any atom is 0.321 e. The number of aromatic nitrogens is 2. The van der Waals surface area contributed by atoms with Gasteiger partial charge in [-0.25, -0.2) is 9.97 Å². The molecule has 2 aromatic rings. The SMILES string of the molecule is ClCc1cnc(Oc2cccc(Cl)c2)nc1. The van der Waals surface area contributed by atoms with Crippen molar-refractivity contribution in [2.75, 3.05) is 0 Å². The van der Waals surface area contributed by atoms with E-state index in [0.29, 0.717) is 16.7 Å². The summed E-state index contributed by atoms with van der Waals surface area (Å²) in [4.78, 5) is 8.03. The summed E-state index contributed by atoms with van der Waals surface area (Å²) in [6.45, 7) is 0. The smallest absolute Gasteiger partial charge is 0.321 e. The van der Waals surface area contributed by atoms with Crippen molar-refractivity contribution in [1.29, 1.82) is 0 Å². The third-order valence-electron chi connectivity index (χ3n) is 1.84. The van der Waals surface area contributed by atoms with E-state index in [1.165, 1.54) is 0 Å². The summed E-state index contributed by atoms with van der Waals surface area (Å²) in [6, 6.07) is 7.32. The normalized spacial score (nSPS) is 10.1. The fourth-order valence-corrected chi connectivity index (χ4v) is 1.42. The Kier molecular flexibility index (Phi) is 3.59. The second kappa shape index (κ2) is 5.14. The van der Waals surface area contributed by atoms with Crippen LogP contribution < -0.4 is 4.74 Å². The van der Waals surface area contributed by atoms with Crippen LogP contribution in [0.2, 0.25) is 5.02 Å². The van der Waals surface area contributed by atoms with Gasteiger partial charge in [0.2, 0.25) is 0 Å². The highest BCUT2D eigenvalue weighted by atomic mass is 35.5. The molecular formula is C11H8Cl2N2O. The topological polar surface area (TPSA) is 35.0 Å². The predicted octanol–water partition coefficient (Wildman–Crippen LogP) is 3.66. The van der Waals surface area contributed by atoms with Crippen LogP contribution in [-0.4, -0.2) is 9.97 Å². The molecule has 0 saturated carbocycles. The van der Waals surface area contributed by atoms with Gasteiger partial charge in [-0.2, -0.15) is 0 Å². The molecule has 1 heterocycles. The average Bonchev–Trinajstić information content (AvgIpc) is 2.30. The van der Waals surface area contributed by atoms with E-state index in [0.717, 1.165) is 5.56 Å². The van der Waals surface area contributed by atoms with Gasteiger partial charge in [-0.15, -0.1) is 11.6 Å². The van der Waals surface area contributed by atoms with Gasteiger partial charge < -0.3 is 4.74 Å². The highest BCUT2D eigenvalue weighted by molar-refractivity contribution is 6.30. The van der Waals surface area contributed by atoms with Gasteiger partial charge in [0.1, 0.15) is 5.75 Å².